The molecule has 0 aliphatic carbocycles. The largest absolute Gasteiger partial charge is 0.351 e. The summed E-state index contributed by atoms with van der Waals surface area (Å²) >= 11 is 0. The van der Waals surface area contributed by atoms with Gasteiger partial charge in [0.05, 0.1) is 16.9 Å². The van der Waals surface area contributed by atoms with Gasteiger partial charge in [0.2, 0.25) is 0 Å². The highest BCUT2D eigenvalue weighted by Crippen LogP contribution is 2.34. The molecule has 0 amide bonds. The summed E-state index contributed by atoms with van der Waals surface area (Å²) in [7, 11) is 1.87. The number of hydrogen-bond donors (Lipinski definition) is 2. The van der Waals surface area contributed by atoms with Gasteiger partial charge in [-0.05, 0) is 12.1 Å². The summed E-state index contributed by atoms with van der Waals surface area (Å²) < 4.78 is 0. The van der Waals surface area contributed by atoms with E-state index in [1.54, 1.807) is 6.07 Å². The van der Waals surface area contributed by atoms with Gasteiger partial charge in [-0.25, -0.2) is 0 Å². The lowest BCUT2D eigenvalue weighted by atomic mass is 10.1. The average molecular weight is 174 g/mol. The van der Waals surface area contributed by atoms with Crippen molar-refractivity contribution < 1.29 is 0 Å². The standard InChI is InChI=1S/C9H10N4/c1-13-8-6(5-10)3-2-4-7(8)12-9(13)11/h2-4,9,12H,11H2,1H3. The van der Waals surface area contributed by atoms with Crippen LogP contribution in [0.25, 0.3) is 0 Å². The van der Waals surface area contributed by atoms with Gasteiger partial charge in [0.1, 0.15) is 6.07 Å². The molecule has 13 heavy (non-hydrogen) atoms. The Morgan fingerprint density at radius 3 is 3.08 bits per heavy atom. The maximum absolute atomic E-state index is 8.86. The maximum Gasteiger partial charge on any atom is 0.152 e. The molecular weight excluding hydrogens is 164 g/mol. The molecule has 3 N–H and O–H groups in total. The molecule has 2 rings (SSSR count). The van der Waals surface area contributed by atoms with E-state index in [9.17, 15) is 0 Å². The SMILES string of the molecule is CN1c2c(C#N)cccc2NC1N. The first-order valence-electron chi connectivity index (χ1n) is 4.02. The van der Waals surface area contributed by atoms with E-state index in [4.69, 9.17) is 11.0 Å². The number of para-hydroxylation sites is 1. The normalized spacial score (nSPS) is 19.2. The van der Waals surface area contributed by atoms with E-state index < -0.39 is 0 Å². The number of nitrogens with zero attached hydrogens (tertiary/aromatic N) is 2. The number of fused-ring (bicyclic) bond motifs is 1. The Morgan fingerprint density at radius 2 is 2.38 bits per heavy atom. The highest BCUT2D eigenvalue weighted by atomic mass is 15.4. The summed E-state index contributed by atoms with van der Waals surface area (Å²) in [5.41, 5.74) is 8.22. The third-order valence-electron chi connectivity index (χ3n) is 2.23. The van der Waals surface area contributed by atoms with Crippen molar-refractivity contribution >= 4 is 11.4 Å². The van der Waals surface area contributed by atoms with E-state index in [1.165, 1.54) is 0 Å². The molecule has 1 aliphatic rings. The molecule has 0 spiro atoms. The summed E-state index contributed by atoms with van der Waals surface area (Å²) in [4.78, 5) is 1.86. The third-order valence-corrected chi connectivity index (χ3v) is 2.23. The summed E-state index contributed by atoms with van der Waals surface area (Å²) in [6.07, 6.45) is -0.232. The van der Waals surface area contributed by atoms with E-state index in [0.717, 1.165) is 11.4 Å². The van der Waals surface area contributed by atoms with Gasteiger partial charge in [-0.1, -0.05) is 6.07 Å². The fraction of sp³-hybridized carbons (Fsp3) is 0.222. The highest BCUT2D eigenvalue weighted by Gasteiger charge is 2.24. The van der Waals surface area contributed by atoms with E-state index in [2.05, 4.69) is 11.4 Å². The Morgan fingerprint density at radius 1 is 1.62 bits per heavy atom. The van der Waals surface area contributed by atoms with Crippen molar-refractivity contribution in [2.75, 3.05) is 17.3 Å². The molecule has 0 radical (unpaired) electrons. The van der Waals surface area contributed by atoms with Crippen molar-refractivity contribution in [2.24, 2.45) is 5.73 Å². The van der Waals surface area contributed by atoms with Gasteiger partial charge in [-0.2, -0.15) is 5.26 Å². The monoisotopic (exact) mass is 174 g/mol. The molecule has 1 aliphatic heterocycles. The van der Waals surface area contributed by atoms with Crippen LogP contribution < -0.4 is 16.0 Å². The van der Waals surface area contributed by atoms with Crippen molar-refractivity contribution in [3.8, 4) is 6.07 Å². The van der Waals surface area contributed by atoms with Crippen molar-refractivity contribution in [1.82, 2.24) is 0 Å². The second-order valence-corrected chi connectivity index (χ2v) is 3.01. The van der Waals surface area contributed by atoms with Crippen LogP contribution in [0.5, 0.6) is 0 Å². The number of nitrogens with two attached hydrogens (primary N) is 1. The minimum Gasteiger partial charge on any atom is -0.351 e. The smallest absolute Gasteiger partial charge is 0.152 e. The predicted molar refractivity (Wildman–Crippen MR) is 51.2 cm³/mol. The second kappa shape index (κ2) is 2.64. The van der Waals surface area contributed by atoms with Gasteiger partial charge in [-0.3, -0.25) is 5.73 Å². The maximum atomic E-state index is 8.86. The first kappa shape index (κ1) is 7.90. The molecule has 0 bridgehead atoms. The zero-order chi connectivity index (χ0) is 9.42. The van der Waals surface area contributed by atoms with Gasteiger partial charge in [0, 0.05) is 7.05 Å². The van der Waals surface area contributed by atoms with Crippen molar-refractivity contribution in [1.29, 1.82) is 5.26 Å². The van der Waals surface area contributed by atoms with Crippen LogP contribution in [-0.2, 0) is 0 Å². The summed E-state index contributed by atoms with van der Waals surface area (Å²) in [5, 5.41) is 11.9. The van der Waals surface area contributed by atoms with E-state index in [-0.39, 0.29) is 6.29 Å². The first-order chi connectivity index (χ1) is 6.24. The van der Waals surface area contributed by atoms with Crippen molar-refractivity contribution in [3.63, 3.8) is 0 Å². The van der Waals surface area contributed by atoms with Gasteiger partial charge in [0.25, 0.3) is 0 Å². The topological polar surface area (TPSA) is 65.1 Å². The average Bonchev–Trinajstić information content (AvgIpc) is 2.43. The lowest BCUT2D eigenvalue weighted by Gasteiger charge is -2.17. The van der Waals surface area contributed by atoms with E-state index >= 15 is 0 Å². The molecule has 0 aromatic heterocycles. The molecule has 66 valence electrons. The van der Waals surface area contributed by atoms with Crippen LogP contribution in [0.2, 0.25) is 0 Å². The van der Waals surface area contributed by atoms with Crippen LogP contribution >= 0.6 is 0 Å². The Bertz CT molecular complexity index is 380. The Hall–Kier alpha value is -1.73. The van der Waals surface area contributed by atoms with Crippen LogP contribution in [0.1, 0.15) is 5.56 Å². The lowest BCUT2D eigenvalue weighted by molar-refractivity contribution is 0.769. The molecule has 4 heteroatoms. The van der Waals surface area contributed by atoms with Crippen LogP contribution in [0, 0.1) is 11.3 Å². The molecule has 0 fully saturated rings. The van der Waals surface area contributed by atoms with Gasteiger partial charge >= 0.3 is 0 Å². The van der Waals surface area contributed by atoms with Crippen LogP contribution in [0.15, 0.2) is 18.2 Å². The van der Waals surface area contributed by atoms with Crippen molar-refractivity contribution in [3.05, 3.63) is 23.8 Å². The van der Waals surface area contributed by atoms with E-state index in [1.807, 2.05) is 24.1 Å². The third kappa shape index (κ3) is 1.02. The second-order valence-electron chi connectivity index (χ2n) is 3.01. The van der Waals surface area contributed by atoms with Gasteiger partial charge in [-0.15, -0.1) is 0 Å². The molecule has 0 saturated carbocycles. The van der Waals surface area contributed by atoms with Gasteiger partial charge < -0.3 is 10.2 Å². The quantitative estimate of drug-likeness (QED) is 0.606. The fourth-order valence-corrected chi connectivity index (χ4v) is 1.53. The Kier molecular flexibility index (Phi) is 1.61. The molecule has 1 atom stereocenters. The van der Waals surface area contributed by atoms with E-state index in [0.29, 0.717) is 5.56 Å². The van der Waals surface area contributed by atoms with Gasteiger partial charge in [0.15, 0.2) is 6.29 Å². The molecule has 1 aromatic carbocycles. The zero-order valence-electron chi connectivity index (χ0n) is 7.28. The van der Waals surface area contributed by atoms with Crippen LogP contribution in [-0.4, -0.2) is 13.3 Å². The summed E-state index contributed by atoms with van der Waals surface area (Å²) in [5.74, 6) is 0. The molecule has 0 saturated heterocycles. The summed E-state index contributed by atoms with van der Waals surface area (Å²) in [6.45, 7) is 0. The first-order valence-corrected chi connectivity index (χ1v) is 4.02. The van der Waals surface area contributed by atoms with Crippen LogP contribution in [0.3, 0.4) is 0 Å². The number of rotatable bonds is 0. The molecule has 1 aromatic rings. The molecular formula is C9H10N4. The van der Waals surface area contributed by atoms with Crippen LogP contribution in [0.4, 0.5) is 11.4 Å². The molecule has 1 unspecified atom stereocenters. The molecule has 1 heterocycles. The number of nitriles is 1. The molecule has 4 nitrogen and oxygen atoms in total. The number of benzene rings is 1. The number of hydrogen-bond acceptors (Lipinski definition) is 4. The fourth-order valence-electron chi connectivity index (χ4n) is 1.53. The summed E-state index contributed by atoms with van der Waals surface area (Å²) in [6, 6.07) is 7.69. The predicted octanol–water partition coefficient (Wildman–Crippen LogP) is 0.662. The lowest BCUT2D eigenvalue weighted by Crippen LogP contribution is -2.40. The minimum absolute atomic E-state index is 0.232. The number of nitrogens with one attached hydrogen (secondary N) is 1. The number of anilines is 2. The Balaban J connectivity index is 2.59. The zero-order valence-corrected chi connectivity index (χ0v) is 7.28. The highest BCUT2D eigenvalue weighted by molar-refractivity contribution is 5.80. The Labute approximate surface area is 76.6 Å². The van der Waals surface area contributed by atoms with Crippen molar-refractivity contribution in [2.45, 2.75) is 6.29 Å². The minimum atomic E-state index is -0.232.